The molecule has 0 saturated heterocycles. The highest BCUT2D eigenvalue weighted by Crippen LogP contribution is 2.51. The van der Waals surface area contributed by atoms with Gasteiger partial charge < -0.3 is 4.74 Å². The fraction of sp³-hybridized carbons (Fsp3) is 0.500. The summed E-state index contributed by atoms with van der Waals surface area (Å²) in [5, 5.41) is 11.2. The lowest BCUT2D eigenvalue weighted by atomic mass is 10.1. The number of carbonyl (C=O) groups excluding carboxylic acids is 1. The largest absolute Gasteiger partial charge is 0.469 e. The van der Waals surface area contributed by atoms with E-state index in [2.05, 4.69) is 9.72 Å². The third-order valence-corrected chi connectivity index (χ3v) is 4.46. The molecule has 1 aromatic rings. The van der Waals surface area contributed by atoms with Gasteiger partial charge in [-0.2, -0.15) is 0 Å². The van der Waals surface area contributed by atoms with Gasteiger partial charge >= 0.3 is 5.97 Å². The van der Waals surface area contributed by atoms with Crippen LogP contribution in [0, 0.1) is 15.5 Å². The van der Waals surface area contributed by atoms with Gasteiger partial charge in [0.15, 0.2) is 0 Å². The second-order valence-corrected chi connectivity index (χ2v) is 5.65. The second-order valence-electron chi connectivity index (χ2n) is 4.65. The molecule has 1 heterocycles. The standard InChI is InChI=1S/C12H14N2O4S/c1-18-11(15)6-12(4-5-12)8-19-10-3-2-9(7-13-10)14(16)17/h2-3,7H,4-6,8H2,1H3. The number of thioether (sulfide) groups is 1. The van der Waals surface area contributed by atoms with E-state index < -0.39 is 4.92 Å². The van der Waals surface area contributed by atoms with Crippen molar-refractivity contribution in [1.29, 1.82) is 0 Å². The minimum Gasteiger partial charge on any atom is -0.469 e. The average Bonchev–Trinajstić information content (AvgIpc) is 3.17. The van der Waals surface area contributed by atoms with E-state index in [9.17, 15) is 14.9 Å². The number of methoxy groups -OCH3 is 1. The van der Waals surface area contributed by atoms with Crippen molar-refractivity contribution in [2.24, 2.45) is 5.41 Å². The lowest BCUT2D eigenvalue weighted by Gasteiger charge is -2.12. The second kappa shape index (κ2) is 5.56. The van der Waals surface area contributed by atoms with Crippen molar-refractivity contribution < 1.29 is 14.5 Å². The molecule has 0 aliphatic heterocycles. The van der Waals surface area contributed by atoms with Crippen LogP contribution < -0.4 is 0 Å². The summed E-state index contributed by atoms with van der Waals surface area (Å²) in [4.78, 5) is 25.3. The Kier molecular flexibility index (Phi) is 4.04. The van der Waals surface area contributed by atoms with Gasteiger partial charge in [0.1, 0.15) is 6.20 Å². The van der Waals surface area contributed by atoms with Crippen LogP contribution in [0.1, 0.15) is 19.3 Å². The predicted molar refractivity (Wildman–Crippen MR) is 69.9 cm³/mol. The Balaban J connectivity index is 1.88. The number of nitrogens with zero attached hydrogens (tertiary/aromatic N) is 2. The Hall–Kier alpha value is -1.63. The van der Waals surface area contributed by atoms with Crippen molar-refractivity contribution in [3.05, 3.63) is 28.4 Å². The van der Waals surface area contributed by atoms with Gasteiger partial charge in [-0.1, -0.05) is 0 Å². The Morgan fingerprint density at radius 3 is 2.79 bits per heavy atom. The molecule has 0 radical (unpaired) electrons. The molecule has 0 N–H and O–H groups in total. The first-order valence-corrected chi connectivity index (χ1v) is 6.83. The van der Waals surface area contributed by atoms with Crippen molar-refractivity contribution in [2.45, 2.75) is 24.3 Å². The van der Waals surface area contributed by atoms with Crippen LogP contribution in [0.15, 0.2) is 23.4 Å². The molecule has 102 valence electrons. The summed E-state index contributed by atoms with van der Waals surface area (Å²) in [5.74, 6) is 0.599. The zero-order valence-corrected chi connectivity index (χ0v) is 11.3. The minimum atomic E-state index is -0.471. The van der Waals surface area contributed by atoms with E-state index >= 15 is 0 Å². The summed E-state index contributed by atoms with van der Waals surface area (Å²) >= 11 is 1.52. The normalized spacial score (nSPS) is 15.8. The van der Waals surface area contributed by atoms with E-state index in [4.69, 9.17) is 0 Å². The number of nitro groups is 1. The first kappa shape index (κ1) is 13.8. The van der Waals surface area contributed by atoms with Gasteiger partial charge in [0.05, 0.1) is 23.5 Å². The maximum Gasteiger partial charge on any atom is 0.306 e. The molecule has 1 fully saturated rings. The lowest BCUT2D eigenvalue weighted by molar-refractivity contribution is -0.385. The van der Waals surface area contributed by atoms with Crippen molar-refractivity contribution >= 4 is 23.4 Å². The third-order valence-electron chi connectivity index (χ3n) is 3.16. The zero-order chi connectivity index (χ0) is 13.9. The highest BCUT2D eigenvalue weighted by atomic mass is 32.2. The van der Waals surface area contributed by atoms with Crippen LogP contribution >= 0.6 is 11.8 Å². The number of hydrogen-bond donors (Lipinski definition) is 0. The number of hydrogen-bond acceptors (Lipinski definition) is 6. The van der Waals surface area contributed by atoms with E-state index in [1.54, 1.807) is 6.07 Å². The summed E-state index contributed by atoms with van der Waals surface area (Å²) in [6.07, 6.45) is 3.72. The summed E-state index contributed by atoms with van der Waals surface area (Å²) in [7, 11) is 1.39. The summed E-state index contributed by atoms with van der Waals surface area (Å²) in [6, 6.07) is 3.08. The molecule has 7 heteroatoms. The maximum atomic E-state index is 11.3. The summed E-state index contributed by atoms with van der Waals surface area (Å²) in [6.45, 7) is 0. The van der Waals surface area contributed by atoms with E-state index in [0.29, 0.717) is 6.42 Å². The van der Waals surface area contributed by atoms with E-state index in [1.165, 1.54) is 31.1 Å². The Morgan fingerprint density at radius 1 is 1.58 bits per heavy atom. The third kappa shape index (κ3) is 3.66. The van der Waals surface area contributed by atoms with Gasteiger partial charge in [-0.25, -0.2) is 4.98 Å². The Labute approximate surface area is 114 Å². The number of ether oxygens (including phenoxy) is 1. The molecular weight excluding hydrogens is 268 g/mol. The summed E-state index contributed by atoms with van der Waals surface area (Å²) in [5.41, 5.74) is 0.0151. The molecule has 1 aliphatic rings. The van der Waals surface area contributed by atoms with Gasteiger partial charge in [0.25, 0.3) is 5.69 Å². The van der Waals surface area contributed by atoms with Gasteiger partial charge in [-0.15, -0.1) is 11.8 Å². The monoisotopic (exact) mass is 282 g/mol. The van der Waals surface area contributed by atoms with Crippen LogP contribution in [0.2, 0.25) is 0 Å². The first-order valence-electron chi connectivity index (χ1n) is 5.85. The van der Waals surface area contributed by atoms with Crippen LogP contribution in [0.4, 0.5) is 5.69 Å². The van der Waals surface area contributed by atoms with Crippen LogP contribution in [0.3, 0.4) is 0 Å². The maximum absolute atomic E-state index is 11.3. The van der Waals surface area contributed by atoms with Crippen LogP contribution in [-0.2, 0) is 9.53 Å². The fourth-order valence-electron chi connectivity index (χ4n) is 1.72. The van der Waals surface area contributed by atoms with Crippen molar-refractivity contribution in [3.63, 3.8) is 0 Å². The van der Waals surface area contributed by atoms with E-state index in [1.807, 2.05) is 0 Å². The van der Waals surface area contributed by atoms with E-state index in [0.717, 1.165) is 23.6 Å². The predicted octanol–water partition coefficient (Wildman–Crippen LogP) is 2.43. The van der Waals surface area contributed by atoms with Crippen LogP contribution in [-0.4, -0.2) is 28.7 Å². The Bertz CT molecular complexity index is 485. The molecule has 0 spiro atoms. The van der Waals surface area contributed by atoms with Gasteiger partial charge in [0.2, 0.25) is 0 Å². The molecule has 1 aromatic heterocycles. The average molecular weight is 282 g/mol. The number of pyridine rings is 1. The SMILES string of the molecule is COC(=O)CC1(CSc2ccc([N+](=O)[O-])cn2)CC1. The van der Waals surface area contributed by atoms with Crippen molar-refractivity contribution in [2.75, 3.05) is 12.9 Å². The molecule has 0 aromatic carbocycles. The lowest BCUT2D eigenvalue weighted by Crippen LogP contribution is -2.13. The molecular formula is C12H14N2O4S. The fourth-order valence-corrected chi connectivity index (χ4v) is 2.86. The molecule has 0 amide bonds. The first-order chi connectivity index (χ1) is 9.04. The van der Waals surface area contributed by atoms with Crippen LogP contribution in [0.5, 0.6) is 0 Å². The molecule has 2 rings (SSSR count). The highest BCUT2D eigenvalue weighted by molar-refractivity contribution is 7.99. The highest BCUT2D eigenvalue weighted by Gasteiger charge is 2.44. The zero-order valence-electron chi connectivity index (χ0n) is 10.5. The number of esters is 1. The Morgan fingerprint density at radius 2 is 2.32 bits per heavy atom. The molecule has 0 bridgehead atoms. The van der Waals surface area contributed by atoms with Gasteiger partial charge in [-0.3, -0.25) is 14.9 Å². The topological polar surface area (TPSA) is 82.3 Å². The van der Waals surface area contributed by atoms with Gasteiger partial charge in [-0.05, 0) is 24.3 Å². The minimum absolute atomic E-state index is 0.0138. The molecule has 19 heavy (non-hydrogen) atoms. The molecule has 0 unspecified atom stereocenters. The van der Waals surface area contributed by atoms with Crippen molar-refractivity contribution in [1.82, 2.24) is 4.98 Å². The molecule has 1 saturated carbocycles. The quantitative estimate of drug-likeness (QED) is 0.345. The number of carbonyl (C=O) groups is 1. The van der Waals surface area contributed by atoms with Crippen molar-refractivity contribution in [3.8, 4) is 0 Å². The molecule has 0 atom stereocenters. The summed E-state index contributed by atoms with van der Waals surface area (Å²) < 4.78 is 4.68. The number of rotatable bonds is 6. The number of aromatic nitrogens is 1. The van der Waals surface area contributed by atoms with E-state index in [-0.39, 0.29) is 17.1 Å². The molecule has 6 nitrogen and oxygen atoms in total. The molecule has 1 aliphatic carbocycles. The van der Waals surface area contributed by atoms with Crippen LogP contribution in [0.25, 0.3) is 0 Å². The smallest absolute Gasteiger partial charge is 0.306 e. The van der Waals surface area contributed by atoms with Gasteiger partial charge in [0, 0.05) is 11.8 Å².